The molecule has 91 heavy (non-hydrogen) atoms. The van der Waals surface area contributed by atoms with Crippen molar-refractivity contribution in [3.8, 4) is 67.1 Å². The molecule has 2 spiro atoms. The van der Waals surface area contributed by atoms with E-state index in [2.05, 4.69) is 339 Å². The number of hydrogen-bond donors (Lipinski definition) is 0. The molecule has 15 aromatic rings. The quantitative estimate of drug-likeness (QED) is 0.165. The van der Waals surface area contributed by atoms with Gasteiger partial charge >= 0.3 is 0 Å². The number of rotatable bonds is 6. The zero-order valence-electron chi connectivity index (χ0n) is 49.6. The van der Waals surface area contributed by atoms with Gasteiger partial charge in [-0.3, -0.25) is 0 Å². The Balaban J connectivity index is 0.828. The van der Waals surface area contributed by atoms with Crippen LogP contribution in [0.5, 0.6) is 11.5 Å². The van der Waals surface area contributed by atoms with E-state index in [1.165, 1.54) is 106 Å². The molecule has 2 nitrogen and oxygen atoms in total. The van der Waals surface area contributed by atoms with Gasteiger partial charge < -0.3 is 9.64 Å². The second-order valence-electron chi connectivity index (χ2n) is 25.2. The highest BCUT2D eigenvalue weighted by Gasteiger charge is 2.54. The van der Waals surface area contributed by atoms with E-state index < -0.39 is 16.2 Å². The molecule has 0 unspecified atom stereocenters. The largest absolute Gasteiger partial charge is 0.455 e. The predicted molar refractivity (Wildman–Crippen MR) is 373 cm³/mol. The Kier molecular flexibility index (Phi) is 10.4. The summed E-state index contributed by atoms with van der Waals surface area (Å²) in [6.07, 6.45) is 0. The molecular formula is C89H55NO. The van der Waals surface area contributed by atoms with Gasteiger partial charge in [0.15, 0.2) is 0 Å². The lowest BCUT2D eigenvalue weighted by Crippen LogP contribution is -2.32. The van der Waals surface area contributed by atoms with Crippen molar-refractivity contribution in [3.05, 3.63) is 400 Å². The van der Waals surface area contributed by atoms with Crippen molar-refractivity contribution in [1.82, 2.24) is 0 Å². The summed E-state index contributed by atoms with van der Waals surface area (Å²) in [6.45, 7) is 0. The second kappa shape index (κ2) is 18.7. The molecule has 15 aromatic carbocycles. The number of hydrogen-bond acceptors (Lipinski definition) is 2. The van der Waals surface area contributed by atoms with Gasteiger partial charge in [-0.05, 0) is 147 Å². The fourth-order valence-corrected chi connectivity index (χ4v) is 17.8. The first-order valence-corrected chi connectivity index (χ1v) is 31.8. The Morgan fingerprint density at radius 2 is 0.626 bits per heavy atom. The van der Waals surface area contributed by atoms with Gasteiger partial charge in [-0.1, -0.05) is 303 Å². The molecule has 0 bridgehead atoms. The van der Waals surface area contributed by atoms with Crippen molar-refractivity contribution in [2.75, 3.05) is 4.90 Å². The van der Waals surface area contributed by atoms with Crippen molar-refractivity contribution in [2.24, 2.45) is 0 Å². The monoisotopic (exact) mass is 1150 g/mol. The van der Waals surface area contributed by atoms with Crippen molar-refractivity contribution in [2.45, 2.75) is 16.2 Å². The third-order valence-electron chi connectivity index (χ3n) is 21.2. The van der Waals surface area contributed by atoms with Gasteiger partial charge in [0.25, 0.3) is 0 Å². The predicted octanol–water partition coefficient (Wildman–Crippen LogP) is 22.3. The number of fused-ring (bicyclic) bond motifs is 26. The summed E-state index contributed by atoms with van der Waals surface area (Å²) in [7, 11) is 0. The normalized spacial score (nSPS) is 14.5. The minimum absolute atomic E-state index is 0.529. The summed E-state index contributed by atoms with van der Waals surface area (Å²) in [5.74, 6) is 1.84. The molecule has 4 aliphatic carbocycles. The van der Waals surface area contributed by atoms with Gasteiger partial charge in [0.1, 0.15) is 11.5 Å². The maximum Gasteiger partial charge on any atom is 0.140 e. The lowest BCUT2D eigenvalue weighted by molar-refractivity contribution is 0.447. The number of ether oxygens (including phenoxy) is 1. The first-order chi connectivity index (χ1) is 45.2. The number of nitrogens with zero attached hydrogens (tertiary/aromatic N) is 1. The molecule has 0 saturated heterocycles. The molecule has 422 valence electrons. The highest BCUT2D eigenvalue weighted by Crippen LogP contribution is 2.67. The Morgan fingerprint density at radius 3 is 1.19 bits per heavy atom. The Labute approximate surface area is 528 Å². The van der Waals surface area contributed by atoms with Crippen molar-refractivity contribution < 1.29 is 4.74 Å². The Morgan fingerprint density at radius 1 is 0.231 bits per heavy atom. The average Bonchev–Trinajstić information content (AvgIpc) is 1.58. The van der Waals surface area contributed by atoms with E-state index in [9.17, 15) is 0 Å². The van der Waals surface area contributed by atoms with Crippen LogP contribution in [0.2, 0.25) is 0 Å². The molecular weight excluding hydrogens is 1100 g/mol. The third-order valence-corrected chi connectivity index (χ3v) is 21.2. The van der Waals surface area contributed by atoms with E-state index in [4.69, 9.17) is 4.74 Å². The smallest absolute Gasteiger partial charge is 0.140 e. The topological polar surface area (TPSA) is 12.5 Å². The van der Waals surface area contributed by atoms with Gasteiger partial charge in [0.2, 0.25) is 0 Å². The van der Waals surface area contributed by atoms with Crippen LogP contribution in [0.1, 0.15) is 66.8 Å². The zero-order chi connectivity index (χ0) is 59.6. The summed E-state index contributed by atoms with van der Waals surface area (Å²) in [5, 5.41) is 4.54. The summed E-state index contributed by atoms with van der Waals surface area (Å²) in [5.41, 5.74) is 29.1. The van der Waals surface area contributed by atoms with Crippen molar-refractivity contribution >= 4 is 38.6 Å². The summed E-state index contributed by atoms with van der Waals surface area (Å²) in [4.78, 5) is 2.57. The molecule has 0 atom stereocenters. The lowest BCUT2D eigenvalue weighted by atomic mass is 9.65. The SMILES string of the molecule is c1ccc(C2(c3ccccc3)c3ccccc3-c3c(N(c4ccc(-c5cccc6c5-c5ccccc5C65c6ccc7ccccc7c6Oc6c5ccc5ccccc65)cc4)c4ccc5c(c4)C4(c6ccccc6-c6ccccc64)c4ccccc4-5)cccc32)cc1. The minimum atomic E-state index is -0.667. The maximum absolute atomic E-state index is 7.34. The Hall–Kier alpha value is -11.6. The Bertz CT molecular complexity index is 5390. The first kappa shape index (κ1) is 50.4. The van der Waals surface area contributed by atoms with Gasteiger partial charge in [0, 0.05) is 38.8 Å². The number of benzene rings is 15. The van der Waals surface area contributed by atoms with Crippen LogP contribution in [0.15, 0.2) is 334 Å². The molecule has 0 fully saturated rings. The highest BCUT2D eigenvalue weighted by molar-refractivity contribution is 6.04. The van der Waals surface area contributed by atoms with E-state index in [-0.39, 0.29) is 0 Å². The van der Waals surface area contributed by atoms with Crippen LogP contribution in [0.25, 0.3) is 77.2 Å². The molecule has 2 heteroatoms. The standard InChI is InChI=1S/C89H55NO/c1-3-25-59(26-4-1)87(60-27-5-2-6-28-60)75-40-19-15-35-71(75)84-78(87)43-22-44-82(84)90(62-51-52-69-68-33-13-18-39-74(68)88(81(69)55-62)72-37-16-11-31-66(72)67-32-12-17-38-73(67)88)61-49-45-58(46-50-61)63-36-21-42-77-83(63)70-34-14-20-41-76(70)89(77)79-53-47-56-23-7-9-29-64(56)85(79)91-86-65-30-10-8-24-57(65)48-54-80(86)89/h1-55H. The highest BCUT2D eigenvalue weighted by atomic mass is 16.5. The minimum Gasteiger partial charge on any atom is -0.455 e. The van der Waals surface area contributed by atoms with Gasteiger partial charge in [-0.25, -0.2) is 0 Å². The van der Waals surface area contributed by atoms with Crippen LogP contribution in [-0.4, -0.2) is 0 Å². The summed E-state index contributed by atoms with van der Waals surface area (Å²) >= 11 is 0. The van der Waals surface area contributed by atoms with Crippen LogP contribution in [-0.2, 0) is 16.2 Å². The summed E-state index contributed by atoms with van der Waals surface area (Å²) < 4.78 is 7.34. The molecule has 1 aliphatic heterocycles. The van der Waals surface area contributed by atoms with Crippen LogP contribution >= 0.6 is 0 Å². The van der Waals surface area contributed by atoms with E-state index in [0.717, 1.165) is 66.8 Å². The van der Waals surface area contributed by atoms with E-state index in [1.807, 2.05) is 0 Å². The van der Waals surface area contributed by atoms with E-state index in [1.54, 1.807) is 0 Å². The third kappa shape index (κ3) is 6.45. The van der Waals surface area contributed by atoms with E-state index in [0.29, 0.717) is 0 Å². The van der Waals surface area contributed by atoms with Crippen molar-refractivity contribution in [1.29, 1.82) is 0 Å². The van der Waals surface area contributed by atoms with Gasteiger partial charge in [-0.2, -0.15) is 0 Å². The number of anilines is 3. The molecule has 0 radical (unpaired) electrons. The van der Waals surface area contributed by atoms with Crippen LogP contribution in [0, 0.1) is 0 Å². The van der Waals surface area contributed by atoms with Crippen molar-refractivity contribution in [3.63, 3.8) is 0 Å². The maximum atomic E-state index is 7.34. The zero-order valence-corrected chi connectivity index (χ0v) is 49.6. The van der Waals surface area contributed by atoms with Gasteiger partial charge in [0.05, 0.1) is 21.9 Å². The fourth-order valence-electron chi connectivity index (χ4n) is 17.8. The van der Waals surface area contributed by atoms with Gasteiger partial charge in [-0.15, -0.1) is 0 Å². The van der Waals surface area contributed by atoms with E-state index >= 15 is 0 Å². The molecule has 0 N–H and O–H groups in total. The fraction of sp³-hybridized carbons (Fsp3) is 0.0337. The van der Waals surface area contributed by atoms with Crippen LogP contribution in [0.4, 0.5) is 17.1 Å². The average molecular weight is 1150 g/mol. The molecule has 1 heterocycles. The molecule has 0 aromatic heterocycles. The molecule has 0 saturated carbocycles. The second-order valence-corrected chi connectivity index (χ2v) is 25.2. The summed E-state index contributed by atoms with van der Waals surface area (Å²) in [6, 6.07) is 126. The molecule has 20 rings (SSSR count). The molecule has 5 aliphatic rings. The lowest BCUT2D eigenvalue weighted by Gasteiger charge is -2.40. The van der Waals surface area contributed by atoms with Crippen LogP contribution < -0.4 is 9.64 Å². The van der Waals surface area contributed by atoms with Crippen LogP contribution in [0.3, 0.4) is 0 Å². The molecule has 0 amide bonds. The first-order valence-electron chi connectivity index (χ1n) is 31.8.